The molecular weight excluding hydrogens is 268 g/mol. The van der Waals surface area contributed by atoms with Crippen LogP contribution in [0, 0.1) is 11.6 Å². The summed E-state index contributed by atoms with van der Waals surface area (Å²) >= 11 is 0. The van der Waals surface area contributed by atoms with Crippen molar-refractivity contribution in [3.63, 3.8) is 0 Å². The lowest BCUT2D eigenvalue weighted by atomic mass is 10.1. The van der Waals surface area contributed by atoms with Crippen LogP contribution in [-0.4, -0.2) is 36.1 Å². The van der Waals surface area contributed by atoms with E-state index in [4.69, 9.17) is 10.6 Å². The Morgan fingerprint density at radius 1 is 1.30 bits per heavy atom. The predicted molar refractivity (Wildman–Crippen MR) is 70.1 cm³/mol. The average Bonchev–Trinajstić information content (AvgIpc) is 2.36. The summed E-state index contributed by atoms with van der Waals surface area (Å²) in [4.78, 5) is 13.8. The number of morpholine rings is 1. The van der Waals surface area contributed by atoms with Crippen molar-refractivity contribution < 1.29 is 18.3 Å². The van der Waals surface area contributed by atoms with Crippen molar-refractivity contribution in [3.05, 3.63) is 29.3 Å². The van der Waals surface area contributed by atoms with E-state index in [0.29, 0.717) is 13.1 Å². The van der Waals surface area contributed by atoms with E-state index in [-0.39, 0.29) is 17.8 Å². The number of nitrogens with zero attached hydrogens (tertiary/aromatic N) is 1. The third kappa shape index (κ3) is 2.88. The lowest BCUT2D eigenvalue weighted by Gasteiger charge is -2.35. The minimum absolute atomic E-state index is 0.0414. The zero-order valence-electron chi connectivity index (χ0n) is 11.3. The van der Waals surface area contributed by atoms with E-state index >= 15 is 0 Å². The molecule has 2 atom stereocenters. The van der Waals surface area contributed by atoms with E-state index in [2.05, 4.69) is 0 Å². The summed E-state index contributed by atoms with van der Waals surface area (Å²) in [5.41, 5.74) is 1.43. The van der Waals surface area contributed by atoms with Crippen LogP contribution in [0.2, 0.25) is 0 Å². The first-order valence-corrected chi connectivity index (χ1v) is 6.32. The molecule has 1 aliphatic rings. The molecule has 0 saturated carbocycles. The number of carbonyl (C=O) groups excluding carboxylic acids is 1. The molecule has 2 unspecified atom stereocenters. The van der Waals surface area contributed by atoms with Gasteiger partial charge in [0.1, 0.15) is 5.69 Å². The highest BCUT2D eigenvalue weighted by atomic mass is 19.1. The van der Waals surface area contributed by atoms with Gasteiger partial charge in [0, 0.05) is 18.7 Å². The molecule has 1 heterocycles. The van der Waals surface area contributed by atoms with Crippen LogP contribution in [0.5, 0.6) is 0 Å². The first-order chi connectivity index (χ1) is 9.42. The maximum atomic E-state index is 13.6. The Bertz CT molecular complexity index is 491. The highest BCUT2D eigenvalue weighted by Gasteiger charge is 2.27. The second kappa shape index (κ2) is 5.72. The van der Waals surface area contributed by atoms with Crippen molar-refractivity contribution in [1.82, 2.24) is 4.90 Å². The van der Waals surface area contributed by atoms with Gasteiger partial charge in [0.05, 0.1) is 12.2 Å². The summed E-state index contributed by atoms with van der Waals surface area (Å²) in [6.45, 7) is 4.48. The van der Waals surface area contributed by atoms with Crippen LogP contribution in [0.1, 0.15) is 24.2 Å². The van der Waals surface area contributed by atoms with Crippen molar-refractivity contribution in [2.45, 2.75) is 26.1 Å². The van der Waals surface area contributed by atoms with Gasteiger partial charge in [0.2, 0.25) is 0 Å². The fourth-order valence-electron chi connectivity index (χ4n) is 2.36. The molecule has 5 nitrogen and oxygen atoms in total. The van der Waals surface area contributed by atoms with Crippen LogP contribution in [0.3, 0.4) is 0 Å². The van der Waals surface area contributed by atoms with Gasteiger partial charge in [-0.25, -0.2) is 8.78 Å². The molecule has 0 aliphatic carbocycles. The fraction of sp³-hybridized carbons (Fsp3) is 0.462. The molecule has 1 saturated heterocycles. The Morgan fingerprint density at radius 3 is 2.25 bits per heavy atom. The number of nitrogens with two attached hydrogens (primary N) is 1. The molecule has 3 N–H and O–H groups in total. The van der Waals surface area contributed by atoms with Crippen LogP contribution in [0.15, 0.2) is 12.1 Å². The van der Waals surface area contributed by atoms with Gasteiger partial charge in [0.15, 0.2) is 11.6 Å². The molecule has 7 heteroatoms. The van der Waals surface area contributed by atoms with Crippen molar-refractivity contribution in [3.8, 4) is 0 Å². The highest BCUT2D eigenvalue weighted by molar-refractivity contribution is 5.94. The molecule has 0 spiro atoms. The number of nitrogens with one attached hydrogen (secondary N) is 1. The van der Waals surface area contributed by atoms with E-state index in [1.807, 2.05) is 19.3 Å². The van der Waals surface area contributed by atoms with Gasteiger partial charge in [0.25, 0.3) is 5.91 Å². The molecule has 20 heavy (non-hydrogen) atoms. The van der Waals surface area contributed by atoms with E-state index in [1.165, 1.54) is 4.90 Å². The Labute approximate surface area is 115 Å². The van der Waals surface area contributed by atoms with E-state index < -0.39 is 23.2 Å². The number of halogens is 2. The fourth-order valence-corrected chi connectivity index (χ4v) is 2.36. The van der Waals surface area contributed by atoms with Gasteiger partial charge >= 0.3 is 0 Å². The molecule has 0 aromatic heterocycles. The average molecular weight is 285 g/mol. The number of carbonyl (C=O) groups is 1. The summed E-state index contributed by atoms with van der Waals surface area (Å²) in [5.74, 6) is 2.80. The minimum Gasteiger partial charge on any atom is -0.372 e. The van der Waals surface area contributed by atoms with Crippen LogP contribution >= 0.6 is 0 Å². The topological polar surface area (TPSA) is 67.6 Å². The molecule has 0 bridgehead atoms. The molecule has 1 aromatic carbocycles. The number of hydrogen-bond donors (Lipinski definition) is 2. The van der Waals surface area contributed by atoms with Gasteiger partial charge in [-0.3, -0.25) is 10.6 Å². The second-order valence-corrected chi connectivity index (χ2v) is 4.93. The quantitative estimate of drug-likeness (QED) is 0.638. The Kier molecular flexibility index (Phi) is 4.20. The van der Waals surface area contributed by atoms with Crippen LogP contribution in [0.25, 0.3) is 0 Å². The molecule has 1 fully saturated rings. The van der Waals surface area contributed by atoms with Gasteiger partial charge in [-0.2, -0.15) is 0 Å². The smallest absolute Gasteiger partial charge is 0.254 e. The Balaban J connectivity index is 2.25. The maximum absolute atomic E-state index is 13.6. The van der Waals surface area contributed by atoms with Gasteiger partial charge < -0.3 is 15.1 Å². The summed E-state index contributed by atoms with van der Waals surface area (Å²) < 4.78 is 32.7. The lowest BCUT2D eigenvalue weighted by Crippen LogP contribution is -2.48. The van der Waals surface area contributed by atoms with Crippen LogP contribution in [0.4, 0.5) is 14.5 Å². The lowest BCUT2D eigenvalue weighted by molar-refractivity contribution is -0.0586. The summed E-state index contributed by atoms with van der Waals surface area (Å²) in [7, 11) is 0. The van der Waals surface area contributed by atoms with Gasteiger partial charge in [-0.1, -0.05) is 0 Å². The number of benzene rings is 1. The predicted octanol–water partition coefficient (Wildman–Crippen LogP) is 1.50. The number of ether oxygens (including phenoxy) is 1. The Hall–Kier alpha value is -1.73. The van der Waals surface area contributed by atoms with Crippen molar-refractivity contribution in [1.29, 1.82) is 0 Å². The molecule has 1 aliphatic heterocycles. The van der Waals surface area contributed by atoms with Gasteiger partial charge in [-0.05, 0) is 26.0 Å². The zero-order valence-corrected chi connectivity index (χ0v) is 11.3. The van der Waals surface area contributed by atoms with Crippen molar-refractivity contribution in [2.75, 3.05) is 18.5 Å². The van der Waals surface area contributed by atoms with Crippen molar-refractivity contribution in [2.24, 2.45) is 5.84 Å². The molecule has 1 amide bonds. The number of hydrazine groups is 1. The zero-order chi connectivity index (χ0) is 14.9. The third-order valence-corrected chi connectivity index (χ3v) is 3.14. The monoisotopic (exact) mass is 285 g/mol. The van der Waals surface area contributed by atoms with Crippen molar-refractivity contribution >= 4 is 11.6 Å². The van der Waals surface area contributed by atoms with Gasteiger partial charge in [-0.15, -0.1) is 0 Å². The molecular formula is C13H17F2N3O2. The molecule has 1 aromatic rings. The van der Waals surface area contributed by atoms with E-state index in [0.717, 1.165) is 12.1 Å². The molecule has 2 rings (SSSR count). The second-order valence-electron chi connectivity index (χ2n) is 4.93. The number of hydrogen-bond acceptors (Lipinski definition) is 4. The Morgan fingerprint density at radius 2 is 1.80 bits per heavy atom. The standard InChI is InChI=1S/C13H17F2N3O2/c1-7-5-18(6-8(2)20-7)13(19)9-3-10(14)12(17-16)11(15)4-9/h3-4,7-8,17H,5-6,16H2,1-2H3. The number of amides is 1. The number of anilines is 1. The van der Waals surface area contributed by atoms with Crippen LogP contribution in [-0.2, 0) is 4.74 Å². The normalized spacial score (nSPS) is 22.8. The summed E-state index contributed by atoms with van der Waals surface area (Å²) in [5, 5.41) is 0. The van der Waals surface area contributed by atoms with E-state index in [1.54, 1.807) is 0 Å². The molecule has 0 radical (unpaired) electrons. The van der Waals surface area contributed by atoms with E-state index in [9.17, 15) is 13.6 Å². The SMILES string of the molecule is CC1CN(C(=O)c2cc(F)c(NN)c(F)c2)CC(C)O1. The largest absolute Gasteiger partial charge is 0.372 e. The summed E-state index contributed by atoms with van der Waals surface area (Å²) in [6, 6.07) is 1.96. The van der Waals surface area contributed by atoms with Crippen LogP contribution < -0.4 is 11.3 Å². The third-order valence-electron chi connectivity index (χ3n) is 3.14. The maximum Gasteiger partial charge on any atom is 0.254 e. The highest BCUT2D eigenvalue weighted by Crippen LogP contribution is 2.22. The number of rotatable bonds is 2. The first kappa shape index (κ1) is 14.7. The molecule has 110 valence electrons. The number of nitrogen functional groups attached to an aromatic ring is 1. The first-order valence-electron chi connectivity index (χ1n) is 6.32. The summed E-state index contributed by atoms with van der Waals surface area (Å²) in [6.07, 6.45) is -0.218. The minimum atomic E-state index is -0.898.